The van der Waals surface area contributed by atoms with Gasteiger partial charge in [-0.05, 0) is 41.9 Å². The van der Waals surface area contributed by atoms with Crippen LogP contribution in [0.4, 0.5) is 10.1 Å². The molecule has 0 aromatic heterocycles. The second kappa shape index (κ2) is 5.59. The normalized spacial score (nSPS) is 24.8. The molecule has 1 fully saturated rings. The zero-order valence-electron chi connectivity index (χ0n) is 11.1. The van der Waals surface area contributed by atoms with Crippen LogP contribution >= 0.6 is 15.9 Å². The molecule has 2 atom stereocenters. The van der Waals surface area contributed by atoms with E-state index in [4.69, 9.17) is 10.5 Å². The lowest BCUT2D eigenvalue weighted by Crippen LogP contribution is -2.48. The molecule has 1 saturated heterocycles. The number of rotatable bonds is 2. The minimum absolute atomic E-state index is 0.180. The number of benzene rings is 1. The van der Waals surface area contributed by atoms with Crippen molar-refractivity contribution in [3.05, 3.63) is 22.4 Å². The lowest BCUT2D eigenvalue weighted by Gasteiger charge is -2.34. The van der Waals surface area contributed by atoms with Gasteiger partial charge < -0.3 is 10.5 Å². The van der Waals surface area contributed by atoms with E-state index >= 15 is 0 Å². The summed E-state index contributed by atoms with van der Waals surface area (Å²) >= 11 is 3.07. The third kappa shape index (κ3) is 2.98. The monoisotopic (exact) mass is 366 g/mol. The predicted molar refractivity (Wildman–Crippen MR) is 77.3 cm³/mol. The first-order valence-corrected chi connectivity index (χ1v) is 8.35. The molecule has 0 bridgehead atoms. The lowest BCUT2D eigenvalue weighted by molar-refractivity contribution is -0.0441. The fourth-order valence-electron chi connectivity index (χ4n) is 2.21. The number of nitrogens with two attached hydrogens (primary N) is 1. The fraction of sp³-hybridized carbons (Fsp3) is 0.500. The van der Waals surface area contributed by atoms with Gasteiger partial charge in [0.05, 0.1) is 12.2 Å². The van der Waals surface area contributed by atoms with Gasteiger partial charge in [-0.15, -0.1) is 0 Å². The van der Waals surface area contributed by atoms with Crippen molar-refractivity contribution in [2.45, 2.75) is 31.0 Å². The molecule has 0 saturated carbocycles. The number of nitrogen functional groups attached to an aromatic ring is 1. The highest BCUT2D eigenvalue weighted by Crippen LogP contribution is 2.29. The molecule has 2 rings (SSSR count). The Morgan fingerprint density at radius 1 is 1.35 bits per heavy atom. The Labute approximate surface area is 126 Å². The molecule has 0 amide bonds. The van der Waals surface area contributed by atoms with Crippen LogP contribution in [-0.2, 0) is 14.8 Å². The van der Waals surface area contributed by atoms with Crippen molar-refractivity contribution < 1.29 is 17.5 Å². The van der Waals surface area contributed by atoms with Crippen molar-refractivity contribution in [2.24, 2.45) is 0 Å². The van der Waals surface area contributed by atoms with Gasteiger partial charge in [0.25, 0.3) is 0 Å². The van der Waals surface area contributed by atoms with Crippen LogP contribution in [0.25, 0.3) is 0 Å². The molecule has 0 spiro atoms. The first-order valence-electron chi connectivity index (χ1n) is 6.12. The Bertz CT molecular complexity index is 613. The molecule has 8 heteroatoms. The summed E-state index contributed by atoms with van der Waals surface area (Å²) in [7, 11) is -3.92. The van der Waals surface area contributed by atoms with Crippen molar-refractivity contribution in [2.75, 3.05) is 18.8 Å². The maximum atomic E-state index is 14.0. The number of morpholine rings is 1. The van der Waals surface area contributed by atoms with Gasteiger partial charge in [-0.25, -0.2) is 12.8 Å². The van der Waals surface area contributed by atoms with E-state index in [2.05, 4.69) is 15.9 Å². The second-order valence-electron chi connectivity index (χ2n) is 4.88. The van der Waals surface area contributed by atoms with Gasteiger partial charge >= 0.3 is 0 Å². The molecule has 2 N–H and O–H groups in total. The molecule has 1 aliphatic rings. The Morgan fingerprint density at radius 2 is 1.90 bits per heavy atom. The maximum absolute atomic E-state index is 14.0. The van der Waals surface area contributed by atoms with Gasteiger partial charge in [0, 0.05) is 23.2 Å². The largest absolute Gasteiger partial charge is 0.398 e. The highest BCUT2D eigenvalue weighted by Gasteiger charge is 2.34. The summed E-state index contributed by atoms with van der Waals surface area (Å²) in [5.74, 6) is -0.821. The highest BCUT2D eigenvalue weighted by molar-refractivity contribution is 9.10. The van der Waals surface area contributed by atoms with Gasteiger partial charge in [0.15, 0.2) is 0 Å². The smallest absolute Gasteiger partial charge is 0.246 e. The predicted octanol–water partition coefficient (Wildman–Crippen LogP) is 1.97. The van der Waals surface area contributed by atoms with E-state index < -0.39 is 20.7 Å². The minimum Gasteiger partial charge on any atom is -0.398 e. The van der Waals surface area contributed by atoms with Gasteiger partial charge in [0.1, 0.15) is 10.7 Å². The van der Waals surface area contributed by atoms with Crippen molar-refractivity contribution in [1.82, 2.24) is 4.31 Å². The molecule has 0 radical (unpaired) electrons. The number of nitrogens with zero attached hydrogens (tertiary/aromatic N) is 1. The molecule has 0 unspecified atom stereocenters. The van der Waals surface area contributed by atoms with E-state index in [-0.39, 0.29) is 31.0 Å². The molecular formula is C12H16BrFN2O3S. The third-order valence-corrected chi connectivity index (χ3v) is 5.59. The van der Waals surface area contributed by atoms with Gasteiger partial charge in [-0.2, -0.15) is 4.31 Å². The maximum Gasteiger partial charge on any atom is 0.246 e. The Morgan fingerprint density at radius 3 is 2.45 bits per heavy atom. The highest BCUT2D eigenvalue weighted by atomic mass is 79.9. The van der Waals surface area contributed by atoms with Crippen molar-refractivity contribution >= 4 is 31.6 Å². The van der Waals surface area contributed by atoms with Crippen LogP contribution in [0.2, 0.25) is 0 Å². The lowest BCUT2D eigenvalue weighted by atomic mass is 10.3. The van der Waals surface area contributed by atoms with E-state index in [1.165, 1.54) is 4.31 Å². The quantitative estimate of drug-likeness (QED) is 0.812. The van der Waals surface area contributed by atoms with Crippen LogP contribution in [0.1, 0.15) is 13.8 Å². The molecule has 112 valence electrons. The Balaban J connectivity index is 2.42. The SMILES string of the molecule is C[C@@H]1CN(S(=O)(=O)c2cc(N)c(Br)cc2F)C[C@H](C)O1. The third-order valence-electron chi connectivity index (χ3n) is 3.06. The first-order chi connectivity index (χ1) is 9.21. The van der Waals surface area contributed by atoms with Crippen LogP contribution in [0.3, 0.4) is 0 Å². The van der Waals surface area contributed by atoms with Crippen LogP contribution < -0.4 is 5.73 Å². The summed E-state index contributed by atoms with van der Waals surface area (Å²) in [5, 5.41) is 0. The summed E-state index contributed by atoms with van der Waals surface area (Å²) in [5.41, 5.74) is 5.83. The summed E-state index contributed by atoms with van der Waals surface area (Å²) < 4.78 is 46.1. The number of sulfonamides is 1. The van der Waals surface area contributed by atoms with E-state index in [0.29, 0.717) is 4.47 Å². The summed E-state index contributed by atoms with van der Waals surface area (Å²) in [6, 6.07) is 2.20. The van der Waals surface area contributed by atoms with Gasteiger partial charge in [-0.1, -0.05) is 0 Å². The van der Waals surface area contributed by atoms with Crippen molar-refractivity contribution in [3.8, 4) is 0 Å². The zero-order chi connectivity index (χ0) is 15.1. The van der Waals surface area contributed by atoms with E-state index in [1.54, 1.807) is 13.8 Å². The zero-order valence-corrected chi connectivity index (χ0v) is 13.5. The van der Waals surface area contributed by atoms with Gasteiger partial charge in [-0.3, -0.25) is 0 Å². The minimum atomic E-state index is -3.92. The van der Waals surface area contributed by atoms with E-state index in [9.17, 15) is 12.8 Å². The van der Waals surface area contributed by atoms with Crippen LogP contribution in [0.5, 0.6) is 0 Å². The average Bonchev–Trinajstić information content (AvgIpc) is 2.32. The van der Waals surface area contributed by atoms with Crippen molar-refractivity contribution in [3.63, 3.8) is 0 Å². The second-order valence-corrected chi connectivity index (χ2v) is 7.64. The van der Waals surface area contributed by atoms with Gasteiger partial charge in [0.2, 0.25) is 10.0 Å². The molecule has 1 aromatic carbocycles. The standard InChI is InChI=1S/C12H16BrFN2O3S/c1-7-5-16(6-8(2)19-7)20(17,18)12-4-11(15)9(13)3-10(12)14/h3-4,7-8H,5-6,15H2,1-2H3/t7-,8+. The van der Waals surface area contributed by atoms with Crippen LogP contribution in [0.15, 0.2) is 21.5 Å². The topological polar surface area (TPSA) is 72.6 Å². The molecule has 5 nitrogen and oxygen atoms in total. The molecule has 1 aliphatic heterocycles. The number of halogens is 2. The molecule has 20 heavy (non-hydrogen) atoms. The first kappa shape index (κ1) is 15.7. The van der Waals surface area contributed by atoms with E-state index in [0.717, 1.165) is 12.1 Å². The number of anilines is 1. The van der Waals surface area contributed by atoms with Crippen LogP contribution in [0, 0.1) is 5.82 Å². The molecule has 0 aliphatic carbocycles. The molecule has 1 heterocycles. The van der Waals surface area contributed by atoms with E-state index in [1.807, 2.05) is 0 Å². The number of hydrogen-bond acceptors (Lipinski definition) is 4. The number of hydrogen-bond donors (Lipinski definition) is 1. The average molecular weight is 367 g/mol. The molecule has 1 aromatic rings. The Hall–Kier alpha value is -0.700. The fourth-order valence-corrected chi connectivity index (χ4v) is 4.20. The van der Waals surface area contributed by atoms with Crippen LogP contribution in [-0.4, -0.2) is 38.0 Å². The summed E-state index contributed by atoms with van der Waals surface area (Å²) in [6.45, 7) is 3.96. The summed E-state index contributed by atoms with van der Waals surface area (Å²) in [4.78, 5) is -0.403. The van der Waals surface area contributed by atoms with Crippen molar-refractivity contribution in [1.29, 1.82) is 0 Å². The summed E-state index contributed by atoms with van der Waals surface area (Å²) in [6.07, 6.45) is -0.464. The Kier molecular flexibility index (Phi) is 4.38. The molecular weight excluding hydrogens is 351 g/mol. The number of ether oxygens (including phenoxy) is 1.